The third-order valence-electron chi connectivity index (χ3n) is 4.18. The van der Waals surface area contributed by atoms with Gasteiger partial charge in [-0.1, -0.05) is 48.0 Å². The molecule has 4 nitrogen and oxygen atoms in total. The van der Waals surface area contributed by atoms with E-state index in [-0.39, 0.29) is 12.1 Å². The zero-order valence-corrected chi connectivity index (χ0v) is 13.5. The molecule has 1 aliphatic rings. The number of aryl methyl sites for hydroxylation is 1. The normalized spacial score (nSPS) is 17.1. The summed E-state index contributed by atoms with van der Waals surface area (Å²) in [7, 11) is 0. The predicted molar refractivity (Wildman–Crippen MR) is 93.6 cm³/mol. The van der Waals surface area contributed by atoms with Crippen molar-refractivity contribution in [2.24, 2.45) is 0 Å². The second-order valence-corrected chi connectivity index (χ2v) is 6.08. The summed E-state index contributed by atoms with van der Waals surface area (Å²) in [4.78, 5) is 14.4. The van der Waals surface area contributed by atoms with Crippen molar-refractivity contribution in [3.8, 4) is 0 Å². The third kappa shape index (κ3) is 4.25. The van der Waals surface area contributed by atoms with Crippen molar-refractivity contribution >= 4 is 11.7 Å². The molecule has 120 valence electrons. The molecule has 0 bridgehead atoms. The average Bonchev–Trinajstić information content (AvgIpc) is 3.02. The molecule has 0 spiro atoms. The summed E-state index contributed by atoms with van der Waals surface area (Å²) in [6, 6.07) is 18.6. The lowest BCUT2D eigenvalue weighted by Crippen LogP contribution is -2.43. The SMILES string of the molecule is Cc1cccc(CNC(=O)NC2CCN(c3ccccc3)C2)c1. The molecule has 1 saturated heterocycles. The lowest BCUT2D eigenvalue weighted by atomic mass is 10.1. The van der Waals surface area contributed by atoms with Crippen LogP contribution in [0.3, 0.4) is 0 Å². The molecular weight excluding hydrogens is 286 g/mol. The molecule has 2 amide bonds. The van der Waals surface area contributed by atoms with Gasteiger partial charge >= 0.3 is 6.03 Å². The Balaban J connectivity index is 1.46. The average molecular weight is 309 g/mol. The summed E-state index contributed by atoms with van der Waals surface area (Å²) < 4.78 is 0. The molecule has 23 heavy (non-hydrogen) atoms. The van der Waals surface area contributed by atoms with Crippen LogP contribution < -0.4 is 15.5 Å². The Morgan fingerprint density at radius 2 is 2.00 bits per heavy atom. The smallest absolute Gasteiger partial charge is 0.315 e. The van der Waals surface area contributed by atoms with Gasteiger partial charge in [-0.25, -0.2) is 4.79 Å². The number of amides is 2. The molecule has 1 heterocycles. The summed E-state index contributed by atoms with van der Waals surface area (Å²) in [6.45, 7) is 4.46. The van der Waals surface area contributed by atoms with Crippen LogP contribution in [0.1, 0.15) is 17.5 Å². The Labute approximate surface area is 137 Å². The third-order valence-corrected chi connectivity index (χ3v) is 4.18. The van der Waals surface area contributed by atoms with Gasteiger partial charge in [0.2, 0.25) is 0 Å². The largest absolute Gasteiger partial charge is 0.369 e. The number of carbonyl (C=O) groups excluding carboxylic acids is 1. The van der Waals surface area contributed by atoms with Crippen molar-refractivity contribution in [3.05, 3.63) is 65.7 Å². The minimum absolute atomic E-state index is 0.0913. The van der Waals surface area contributed by atoms with Gasteiger partial charge in [0.25, 0.3) is 0 Å². The first-order chi connectivity index (χ1) is 11.2. The van der Waals surface area contributed by atoms with Crippen molar-refractivity contribution in [2.75, 3.05) is 18.0 Å². The number of rotatable bonds is 4. The Morgan fingerprint density at radius 3 is 2.78 bits per heavy atom. The van der Waals surface area contributed by atoms with Gasteiger partial charge in [0.05, 0.1) is 0 Å². The highest BCUT2D eigenvalue weighted by Gasteiger charge is 2.23. The van der Waals surface area contributed by atoms with E-state index in [4.69, 9.17) is 0 Å². The number of carbonyl (C=O) groups is 1. The lowest BCUT2D eigenvalue weighted by molar-refractivity contribution is 0.237. The van der Waals surface area contributed by atoms with Crippen LogP contribution in [0.15, 0.2) is 54.6 Å². The van der Waals surface area contributed by atoms with E-state index in [0.717, 1.165) is 25.1 Å². The highest BCUT2D eigenvalue weighted by atomic mass is 16.2. The van der Waals surface area contributed by atoms with E-state index in [2.05, 4.69) is 46.7 Å². The lowest BCUT2D eigenvalue weighted by Gasteiger charge is -2.19. The highest BCUT2D eigenvalue weighted by molar-refractivity contribution is 5.74. The first-order valence-corrected chi connectivity index (χ1v) is 8.10. The Hall–Kier alpha value is -2.49. The maximum absolute atomic E-state index is 12.1. The summed E-state index contributed by atoms with van der Waals surface area (Å²) in [5.41, 5.74) is 3.55. The molecule has 2 N–H and O–H groups in total. The fourth-order valence-corrected chi connectivity index (χ4v) is 2.99. The highest BCUT2D eigenvalue weighted by Crippen LogP contribution is 2.19. The molecule has 3 rings (SSSR count). The molecule has 1 unspecified atom stereocenters. The topological polar surface area (TPSA) is 44.4 Å². The molecule has 0 aliphatic carbocycles. The Morgan fingerprint density at radius 1 is 1.17 bits per heavy atom. The molecule has 0 aromatic heterocycles. The van der Waals surface area contributed by atoms with Gasteiger partial charge in [-0.3, -0.25) is 0 Å². The summed E-state index contributed by atoms with van der Waals surface area (Å²) >= 11 is 0. The molecule has 2 aromatic rings. The van der Waals surface area contributed by atoms with E-state index in [1.54, 1.807) is 0 Å². The predicted octanol–water partition coefficient (Wildman–Crippen LogP) is 3.07. The molecule has 2 aromatic carbocycles. The minimum atomic E-state index is -0.0913. The van der Waals surface area contributed by atoms with Gasteiger partial charge in [-0.15, -0.1) is 0 Å². The number of hydrogen-bond donors (Lipinski definition) is 2. The fourth-order valence-electron chi connectivity index (χ4n) is 2.99. The molecule has 4 heteroatoms. The maximum Gasteiger partial charge on any atom is 0.315 e. The minimum Gasteiger partial charge on any atom is -0.369 e. The van der Waals surface area contributed by atoms with Crippen LogP contribution in [0, 0.1) is 6.92 Å². The Kier molecular flexibility index (Phi) is 4.81. The number of urea groups is 1. The van der Waals surface area contributed by atoms with Gasteiger partial charge in [-0.05, 0) is 31.0 Å². The molecular formula is C19H23N3O. The van der Waals surface area contributed by atoms with Crippen molar-refractivity contribution < 1.29 is 4.79 Å². The van der Waals surface area contributed by atoms with E-state index in [0.29, 0.717) is 6.54 Å². The monoisotopic (exact) mass is 309 g/mol. The van der Waals surface area contributed by atoms with Crippen LogP contribution in [0.5, 0.6) is 0 Å². The zero-order chi connectivity index (χ0) is 16.1. The summed E-state index contributed by atoms with van der Waals surface area (Å²) in [6.07, 6.45) is 0.979. The van der Waals surface area contributed by atoms with E-state index >= 15 is 0 Å². The van der Waals surface area contributed by atoms with Gasteiger partial charge in [0.1, 0.15) is 0 Å². The van der Waals surface area contributed by atoms with E-state index in [1.807, 2.05) is 30.3 Å². The van der Waals surface area contributed by atoms with E-state index in [1.165, 1.54) is 11.3 Å². The first-order valence-electron chi connectivity index (χ1n) is 8.10. The van der Waals surface area contributed by atoms with Crippen molar-refractivity contribution in [1.29, 1.82) is 0 Å². The standard InChI is InChI=1S/C19H23N3O/c1-15-6-5-7-16(12-15)13-20-19(23)21-17-10-11-22(14-17)18-8-3-2-4-9-18/h2-9,12,17H,10-11,13-14H2,1H3,(H2,20,21,23). The van der Waals surface area contributed by atoms with E-state index < -0.39 is 0 Å². The van der Waals surface area contributed by atoms with Crippen molar-refractivity contribution in [2.45, 2.75) is 25.9 Å². The molecule has 1 aliphatic heterocycles. The summed E-state index contributed by atoms with van der Waals surface area (Å²) in [5, 5.41) is 6.01. The van der Waals surface area contributed by atoms with Crippen LogP contribution in [-0.2, 0) is 6.54 Å². The number of nitrogens with zero attached hydrogens (tertiary/aromatic N) is 1. The van der Waals surface area contributed by atoms with Crippen LogP contribution in [0.4, 0.5) is 10.5 Å². The van der Waals surface area contributed by atoms with Gasteiger partial charge < -0.3 is 15.5 Å². The van der Waals surface area contributed by atoms with Crippen molar-refractivity contribution in [3.63, 3.8) is 0 Å². The van der Waals surface area contributed by atoms with Gasteiger partial charge in [0, 0.05) is 31.4 Å². The second kappa shape index (κ2) is 7.18. The maximum atomic E-state index is 12.1. The molecule has 0 saturated carbocycles. The molecule has 1 atom stereocenters. The van der Waals surface area contributed by atoms with Gasteiger partial charge in [0.15, 0.2) is 0 Å². The second-order valence-electron chi connectivity index (χ2n) is 6.08. The molecule has 1 fully saturated rings. The first kappa shape index (κ1) is 15.4. The zero-order valence-electron chi connectivity index (χ0n) is 13.5. The Bertz CT molecular complexity index is 657. The van der Waals surface area contributed by atoms with Gasteiger partial charge in [-0.2, -0.15) is 0 Å². The number of hydrogen-bond acceptors (Lipinski definition) is 2. The van der Waals surface area contributed by atoms with Crippen LogP contribution in [0.25, 0.3) is 0 Å². The van der Waals surface area contributed by atoms with Crippen LogP contribution in [-0.4, -0.2) is 25.2 Å². The van der Waals surface area contributed by atoms with Crippen LogP contribution in [0.2, 0.25) is 0 Å². The van der Waals surface area contributed by atoms with Crippen LogP contribution >= 0.6 is 0 Å². The summed E-state index contributed by atoms with van der Waals surface area (Å²) in [5.74, 6) is 0. The number of nitrogens with one attached hydrogen (secondary N) is 2. The van der Waals surface area contributed by atoms with Crippen molar-refractivity contribution in [1.82, 2.24) is 10.6 Å². The van der Waals surface area contributed by atoms with E-state index in [9.17, 15) is 4.79 Å². The number of para-hydroxylation sites is 1. The quantitative estimate of drug-likeness (QED) is 0.911. The number of benzene rings is 2. The number of anilines is 1. The fraction of sp³-hybridized carbons (Fsp3) is 0.316. The molecule has 0 radical (unpaired) electrons.